The van der Waals surface area contributed by atoms with E-state index in [1.165, 1.54) is 39.4 Å². The second kappa shape index (κ2) is 22.1. The lowest BCUT2D eigenvalue weighted by atomic mass is 9.63. The minimum Gasteiger partial charge on any atom is -0.344 e. The zero-order chi connectivity index (χ0) is 46.6. The molecule has 0 amide bonds. The van der Waals surface area contributed by atoms with Gasteiger partial charge in [0.05, 0.1) is 17.9 Å². The SMILES string of the molecule is C=CC1=C(CCC)C(C)(C)C2CC(c3ccc(C(=C)CC/C=C(/C=C)C/C=C\C)c(N(C)c4cccc(CN=C(C5=CCCC=C5)c5ccccc5N=C)c4)c3)=CC=C2N1C1=CCCC=C1. The third kappa shape index (κ3) is 10.4. The Bertz CT molecular complexity index is 2660. The van der Waals surface area contributed by atoms with Crippen molar-refractivity contribution in [2.45, 2.75) is 98.4 Å². The Morgan fingerprint density at radius 3 is 2.44 bits per heavy atom. The molecule has 0 saturated heterocycles. The Labute approximate surface area is 397 Å². The fourth-order valence-corrected chi connectivity index (χ4v) is 10.0. The molecular weight excluding hydrogens is 801 g/mol. The summed E-state index contributed by atoms with van der Waals surface area (Å²) >= 11 is 0. The molecule has 0 spiro atoms. The molecule has 0 saturated carbocycles. The van der Waals surface area contributed by atoms with Crippen LogP contribution >= 0.6 is 0 Å². The Kier molecular flexibility index (Phi) is 15.9. The second-order valence-corrected chi connectivity index (χ2v) is 18.4. The summed E-state index contributed by atoms with van der Waals surface area (Å²) in [5.74, 6) is 0.305. The number of allylic oxidation sites excluding steroid dienone is 19. The van der Waals surface area contributed by atoms with Gasteiger partial charge in [-0.1, -0.05) is 150 Å². The quantitative estimate of drug-likeness (QED) is 0.0683. The minimum atomic E-state index is -0.0459. The van der Waals surface area contributed by atoms with E-state index in [0.29, 0.717) is 12.5 Å². The molecule has 1 heterocycles. The standard InChI is InChI=1S/C62H70N4/c1-10-14-27-46(12-3)28-23-26-45(5)53-39-37-50(49-38-40-59-56(42-49)62(6,7)55(25-11-2)58(13-4)66(59)51-32-19-16-20-33-51)43-60(53)65(9)52-34-24-29-47(41-52)44-64-61(48-30-17-15-18-31-48)54-35-21-22-36-57(54)63-8/h10,12-14,17,19,21-22,24,28-41,43,56H,3-5,8,11,15-16,18,20,23,25-27,42,44H2,1-2,6-7,9H3/b14-10-,46-28-,64-61?. The van der Waals surface area contributed by atoms with Gasteiger partial charge >= 0.3 is 0 Å². The maximum atomic E-state index is 5.30. The highest BCUT2D eigenvalue weighted by molar-refractivity contribution is 6.17. The number of fused-ring (bicyclic) bond motifs is 1. The van der Waals surface area contributed by atoms with Crippen molar-refractivity contribution < 1.29 is 0 Å². The number of anilines is 2. The van der Waals surface area contributed by atoms with Crippen LogP contribution < -0.4 is 4.90 Å². The summed E-state index contributed by atoms with van der Waals surface area (Å²) in [5, 5.41) is 0. The van der Waals surface area contributed by atoms with Crippen LogP contribution in [0.3, 0.4) is 0 Å². The van der Waals surface area contributed by atoms with E-state index in [1.807, 2.05) is 18.2 Å². The molecule has 1 unspecified atom stereocenters. The highest BCUT2D eigenvalue weighted by Gasteiger charge is 2.45. The van der Waals surface area contributed by atoms with Gasteiger partial charge in [-0.3, -0.25) is 9.98 Å². The predicted molar refractivity (Wildman–Crippen MR) is 288 cm³/mol. The highest BCUT2D eigenvalue weighted by Crippen LogP contribution is 2.55. The lowest BCUT2D eigenvalue weighted by Crippen LogP contribution is -2.42. The van der Waals surface area contributed by atoms with E-state index < -0.39 is 0 Å². The number of benzene rings is 3. The van der Waals surface area contributed by atoms with Crippen molar-refractivity contribution in [1.29, 1.82) is 0 Å². The number of hydrogen-bond acceptors (Lipinski definition) is 4. The van der Waals surface area contributed by atoms with Crippen molar-refractivity contribution in [3.8, 4) is 0 Å². The van der Waals surface area contributed by atoms with E-state index in [0.717, 1.165) is 115 Å². The van der Waals surface area contributed by atoms with Crippen molar-refractivity contribution in [3.05, 3.63) is 222 Å². The van der Waals surface area contributed by atoms with Crippen LogP contribution in [0.1, 0.15) is 114 Å². The minimum absolute atomic E-state index is 0.0459. The largest absolute Gasteiger partial charge is 0.344 e. The zero-order valence-corrected chi connectivity index (χ0v) is 40.3. The first-order valence-corrected chi connectivity index (χ1v) is 24.1. The Balaban J connectivity index is 1.27. The molecule has 7 rings (SSSR count). The second-order valence-electron chi connectivity index (χ2n) is 18.4. The lowest BCUT2D eigenvalue weighted by molar-refractivity contribution is 0.226. The van der Waals surface area contributed by atoms with Crippen molar-refractivity contribution >= 4 is 40.6 Å². The van der Waals surface area contributed by atoms with Crippen LogP contribution in [0, 0.1) is 11.3 Å². The monoisotopic (exact) mass is 871 g/mol. The van der Waals surface area contributed by atoms with Crippen molar-refractivity contribution in [1.82, 2.24) is 4.90 Å². The van der Waals surface area contributed by atoms with E-state index >= 15 is 0 Å². The van der Waals surface area contributed by atoms with Gasteiger partial charge in [-0.15, -0.1) is 0 Å². The third-order valence-corrected chi connectivity index (χ3v) is 13.8. The van der Waals surface area contributed by atoms with Crippen molar-refractivity contribution in [2.75, 3.05) is 11.9 Å². The van der Waals surface area contributed by atoms with Gasteiger partial charge in [0.25, 0.3) is 0 Å². The molecule has 3 aromatic carbocycles. The zero-order valence-electron chi connectivity index (χ0n) is 40.3. The van der Waals surface area contributed by atoms with Crippen LogP contribution in [-0.2, 0) is 6.54 Å². The number of aliphatic imine (C=N–C) groups is 2. The molecule has 0 radical (unpaired) electrons. The normalized spacial score (nSPS) is 18.3. The van der Waals surface area contributed by atoms with E-state index in [1.54, 1.807) is 0 Å². The molecule has 3 aromatic rings. The van der Waals surface area contributed by atoms with E-state index in [9.17, 15) is 0 Å². The van der Waals surface area contributed by atoms with Gasteiger partial charge < -0.3 is 9.80 Å². The molecule has 1 atom stereocenters. The van der Waals surface area contributed by atoms with Gasteiger partial charge in [-0.25, -0.2) is 0 Å². The number of nitrogens with zero attached hydrogens (tertiary/aromatic N) is 4. The molecule has 3 aliphatic carbocycles. The summed E-state index contributed by atoms with van der Waals surface area (Å²) < 4.78 is 0. The Morgan fingerprint density at radius 1 is 0.924 bits per heavy atom. The first-order valence-electron chi connectivity index (χ1n) is 24.1. The summed E-state index contributed by atoms with van der Waals surface area (Å²) in [6.45, 7) is 26.9. The van der Waals surface area contributed by atoms with Gasteiger partial charge in [0.1, 0.15) is 0 Å². The molecule has 4 heteroatoms. The molecule has 4 nitrogen and oxygen atoms in total. The molecule has 0 aromatic heterocycles. The first kappa shape index (κ1) is 47.4. The summed E-state index contributed by atoms with van der Waals surface area (Å²) in [5.41, 5.74) is 18.8. The Morgan fingerprint density at radius 2 is 1.73 bits per heavy atom. The average Bonchev–Trinajstić information content (AvgIpc) is 3.36. The smallest absolute Gasteiger partial charge is 0.0741 e. The van der Waals surface area contributed by atoms with Gasteiger partial charge in [0.2, 0.25) is 0 Å². The Hall–Kier alpha value is -6.52. The van der Waals surface area contributed by atoms with Crippen LogP contribution in [0.2, 0.25) is 0 Å². The van der Waals surface area contributed by atoms with Crippen LogP contribution in [0.25, 0.3) is 11.1 Å². The first-order chi connectivity index (χ1) is 32.1. The maximum absolute atomic E-state index is 5.30. The van der Waals surface area contributed by atoms with E-state index in [2.05, 4.69) is 197 Å². The number of para-hydroxylation sites is 1. The molecule has 0 fully saturated rings. The fourth-order valence-electron chi connectivity index (χ4n) is 10.0. The highest BCUT2D eigenvalue weighted by atomic mass is 15.2. The van der Waals surface area contributed by atoms with E-state index in [-0.39, 0.29) is 5.41 Å². The number of hydrogen-bond donors (Lipinski definition) is 0. The predicted octanol–water partition coefficient (Wildman–Crippen LogP) is 17.0. The van der Waals surface area contributed by atoms with E-state index in [4.69, 9.17) is 11.6 Å². The molecule has 1 aliphatic heterocycles. The topological polar surface area (TPSA) is 31.2 Å². The van der Waals surface area contributed by atoms with Gasteiger partial charge in [-0.05, 0) is 158 Å². The molecule has 338 valence electrons. The number of rotatable bonds is 19. The fraction of sp³-hybridized carbons (Fsp3) is 0.290. The van der Waals surface area contributed by atoms with Crippen molar-refractivity contribution in [3.63, 3.8) is 0 Å². The average molecular weight is 871 g/mol. The molecule has 4 aliphatic rings. The van der Waals surface area contributed by atoms with Gasteiger partial charge in [0.15, 0.2) is 0 Å². The molecule has 0 N–H and O–H groups in total. The van der Waals surface area contributed by atoms with Crippen LogP contribution in [-0.4, -0.2) is 24.4 Å². The van der Waals surface area contributed by atoms with Gasteiger partial charge in [-0.2, -0.15) is 0 Å². The summed E-state index contributed by atoms with van der Waals surface area (Å²) in [6, 6.07) is 24.0. The van der Waals surface area contributed by atoms with Crippen LogP contribution in [0.4, 0.5) is 17.1 Å². The summed E-state index contributed by atoms with van der Waals surface area (Å²) in [7, 11) is 2.19. The lowest BCUT2D eigenvalue weighted by Gasteiger charge is -2.51. The van der Waals surface area contributed by atoms with Crippen LogP contribution in [0.15, 0.2) is 209 Å². The van der Waals surface area contributed by atoms with Gasteiger partial charge in [0, 0.05) is 52.6 Å². The van der Waals surface area contributed by atoms with Crippen LogP contribution in [0.5, 0.6) is 0 Å². The molecule has 0 bridgehead atoms. The van der Waals surface area contributed by atoms with Crippen molar-refractivity contribution in [2.24, 2.45) is 21.3 Å². The maximum Gasteiger partial charge on any atom is 0.0741 e. The molecule has 66 heavy (non-hydrogen) atoms. The summed E-state index contributed by atoms with van der Waals surface area (Å²) in [6.07, 6.45) is 39.1. The summed E-state index contributed by atoms with van der Waals surface area (Å²) in [4.78, 5) is 14.5. The molecular formula is C62H70N4. The third-order valence-electron chi connectivity index (χ3n) is 13.8.